The first-order valence-electron chi connectivity index (χ1n) is 7.52. The summed E-state index contributed by atoms with van der Waals surface area (Å²) in [6, 6.07) is 20.5. The van der Waals surface area contributed by atoms with Gasteiger partial charge in [0.1, 0.15) is 4.87 Å². The third kappa shape index (κ3) is 3.79. The van der Waals surface area contributed by atoms with Crippen molar-refractivity contribution in [2.24, 2.45) is 0 Å². The fourth-order valence-electron chi connectivity index (χ4n) is 2.37. The van der Waals surface area contributed by atoms with Gasteiger partial charge in [-0.15, -0.1) is 18.2 Å². The van der Waals surface area contributed by atoms with Crippen molar-refractivity contribution in [1.29, 1.82) is 0 Å². The van der Waals surface area contributed by atoms with E-state index in [1.807, 2.05) is 36.4 Å². The van der Waals surface area contributed by atoms with E-state index in [0.717, 1.165) is 16.3 Å². The van der Waals surface area contributed by atoms with E-state index in [1.54, 1.807) is 0 Å². The number of allylic oxidation sites excluding steroid dienone is 2. The normalized spacial score (nSPS) is 14.7. The largest absolute Gasteiger partial charge is 0.105 e. The third-order valence-electron chi connectivity index (χ3n) is 3.84. The van der Waals surface area contributed by atoms with Gasteiger partial charge in [0.15, 0.2) is 0 Å². The number of hydrogen-bond acceptors (Lipinski definition) is 0. The molecule has 22 heavy (non-hydrogen) atoms. The molecule has 2 aromatic carbocycles. The van der Waals surface area contributed by atoms with Gasteiger partial charge < -0.3 is 0 Å². The van der Waals surface area contributed by atoms with Gasteiger partial charge in [0.05, 0.1) is 8.07 Å². The van der Waals surface area contributed by atoms with Crippen LogP contribution in [0.4, 0.5) is 0 Å². The maximum absolute atomic E-state index is 7.10. The topological polar surface area (TPSA) is 0 Å². The second kappa shape index (κ2) is 6.68. The summed E-state index contributed by atoms with van der Waals surface area (Å²) in [5.74, 6) is 0. The van der Waals surface area contributed by atoms with E-state index in [1.165, 1.54) is 0 Å². The highest BCUT2D eigenvalue weighted by atomic mass is 35.5. The average Bonchev–Trinajstić information content (AvgIpc) is 2.53. The van der Waals surface area contributed by atoms with Crippen molar-refractivity contribution in [3.8, 4) is 0 Å². The molecule has 0 spiro atoms. The highest BCUT2D eigenvalue weighted by molar-refractivity contribution is 6.84. The fourth-order valence-corrected chi connectivity index (χ4v) is 4.73. The van der Waals surface area contributed by atoms with E-state index in [-0.39, 0.29) is 0 Å². The van der Waals surface area contributed by atoms with Crippen molar-refractivity contribution >= 4 is 25.8 Å². The molecule has 0 aromatic heterocycles. The highest BCUT2D eigenvalue weighted by Crippen LogP contribution is 2.42. The molecule has 0 radical (unpaired) electrons. The first-order chi connectivity index (χ1) is 10.3. The molecule has 0 bridgehead atoms. The lowest BCUT2D eigenvalue weighted by atomic mass is 9.96. The number of alkyl halides is 1. The van der Waals surface area contributed by atoms with E-state index >= 15 is 0 Å². The Morgan fingerprint density at radius 3 is 1.95 bits per heavy atom. The smallest absolute Gasteiger partial charge is 0.105 e. The van der Waals surface area contributed by atoms with Crippen LogP contribution in [-0.2, 0) is 4.87 Å². The molecule has 2 heteroatoms. The first-order valence-corrected chi connectivity index (χ1v) is 11.4. The Morgan fingerprint density at radius 2 is 1.45 bits per heavy atom. The van der Waals surface area contributed by atoms with Crippen LogP contribution in [0, 0.1) is 0 Å². The molecule has 0 nitrogen and oxygen atoms in total. The number of halogens is 1. The lowest BCUT2D eigenvalue weighted by Crippen LogP contribution is -2.35. The zero-order chi connectivity index (χ0) is 16.2. The van der Waals surface area contributed by atoms with Gasteiger partial charge in [0.25, 0.3) is 0 Å². The monoisotopic (exact) mass is 326 g/mol. The third-order valence-corrected chi connectivity index (χ3v) is 6.78. The number of hydrogen-bond donors (Lipinski definition) is 0. The molecule has 2 rings (SSSR count). The molecular formula is C20H23ClSi. The number of rotatable bonds is 5. The molecule has 2 aromatic rings. The summed E-state index contributed by atoms with van der Waals surface area (Å²) in [5.41, 5.74) is 2.23. The Bertz CT molecular complexity index is 653. The molecule has 0 aliphatic carbocycles. The summed E-state index contributed by atoms with van der Waals surface area (Å²) in [6.07, 6.45) is 4.17. The van der Waals surface area contributed by atoms with Crippen molar-refractivity contribution in [1.82, 2.24) is 0 Å². The Morgan fingerprint density at radius 1 is 0.955 bits per heavy atom. The van der Waals surface area contributed by atoms with Crippen molar-refractivity contribution < 1.29 is 0 Å². The van der Waals surface area contributed by atoms with Crippen LogP contribution in [0.25, 0.3) is 6.08 Å². The van der Waals surface area contributed by atoms with Crippen molar-refractivity contribution in [3.05, 3.63) is 89.6 Å². The van der Waals surface area contributed by atoms with E-state index in [0.29, 0.717) is 0 Å². The maximum atomic E-state index is 7.10. The van der Waals surface area contributed by atoms with Gasteiger partial charge in [-0.05, 0) is 11.1 Å². The van der Waals surface area contributed by atoms with E-state index in [9.17, 15) is 0 Å². The molecule has 0 heterocycles. The van der Waals surface area contributed by atoms with Crippen molar-refractivity contribution in [2.45, 2.75) is 24.5 Å². The second-order valence-electron chi connectivity index (χ2n) is 6.55. The molecule has 0 N–H and O–H groups in total. The van der Waals surface area contributed by atoms with Gasteiger partial charge in [-0.2, -0.15) is 0 Å². The lowest BCUT2D eigenvalue weighted by Gasteiger charge is -2.34. The van der Waals surface area contributed by atoms with Gasteiger partial charge in [0.2, 0.25) is 0 Å². The minimum absolute atomic E-state index is 0.651. The minimum atomic E-state index is -1.59. The van der Waals surface area contributed by atoms with Crippen LogP contribution in [0.15, 0.2) is 78.5 Å². The van der Waals surface area contributed by atoms with Crippen molar-refractivity contribution in [3.63, 3.8) is 0 Å². The lowest BCUT2D eigenvalue weighted by molar-refractivity contribution is 0.945. The Hall–Kier alpha value is -1.57. The molecule has 0 aliphatic rings. The first kappa shape index (κ1) is 16.8. The maximum Gasteiger partial charge on any atom is 0.105 e. The van der Waals surface area contributed by atoms with Crippen LogP contribution < -0.4 is 0 Å². The Balaban J connectivity index is 2.47. The van der Waals surface area contributed by atoms with E-state index in [4.69, 9.17) is 11.6 Å². The zero-order valence-corrected chi connectivity index (χ0v) is 15.3. The molecule has 0 fully saturated rings. The average molecular weight is 327 g/mol. The van der Waals surface area contributed by atoms with E-state index in [2.05, 4.69) is 62.6 Å². The molecule has 1 atom stereocenters. The minimum Gasteiger partial charge on any atom is -0.105 e. The fraction of sp³-hybridized carbons (Fsp3) is 0.200. The molecule has 114 valence electrons. The van der Waals surface area contributed by atoms with Crippen molar-refractivity contribution in [2.75, 3.05) is 0 Å². The highest BCUT2D eigenvalue weighted by Gasteiger charge is 2.36. The zero-order valence-electron chi connectivity index (χ0n) is 13.5. The van der Waals surface area contributed by atoms with Gasteiger partial charge >= 0.3 is 0 Å². The molecule has 0 aliphatic heterocycles. The van der Waals surface area contributed by atoms with Gasteiger partial charge in [-0.3, -0.25) is 0 Å². The van der Waals surface area contributed by atoms with E-state index < -0.39 is 12.9 Å². The second-order valence-corrected chi connectivity index (χ2v) is 12.3. The van der Waals surface area contributed by atoms with Crippen LogP contribution in [0.3, 0.4) is 0 Å². The van der Waals surface area contributed by atoms with Crippen LogP contribution in [0.1, 0.15) is 11.1 Å². The quantitative estimate of drug-likeness (QED) is 0.449. The summed E-state index contributed by atoms with van der Waals surface area (Å²) in [5, 5.41) is 1.13. The summed E-state index contributed by atoms with van der Waals surface area (Å²) >= 11 is 7.10. The standard InChI is InChI=1S/C20H23ClSi/c1-17(22(2,3)4)20(21,19-13-9-6-10-14-19)16-15-18-11-7-5-8-12-18/h5-16H,1H2,2-4H3/b16-15+. The molecule has 1 unspecified atom stereocenters. The number of benzene rings is 2. The van der Waals surface area contributed by atoms with Gasteiger partial charge in [0, 0.05) is 0 Å². The summed E-state index contributed by atoms with van der Waals surface area (Å²) in [6.45, 7) is 11.2. The Kier molecular flexibility index (Phi) is 5.10. The van der Waals surface area contributed by atoms with Gasteiger partial charge in [-0.1, -0.05) is 97.7 Å². The van der Waals surface area contributed by atoms with Crippen LogP contribution in [0.5, 0.6) is 0 Å². The summed E-state index contributed by atoms with van der Waals surface area (Å²) in [4.78, 5) is -0.651. The molecule has 0 saturated heterocycles. The predicted molar refractivity (Wildman–Crippen MR) is 102 cm³/mol. The predicted octanol–water partition coefficient (Wildman–Crippen LogP) is 6.27. The molecular weight excluding hydrogens is 304 g/mol. The summed E-state index contributed by atoms with van der Waals surface area (Å²) < 4.78 is 0. The van der Waals surface area contributed by atoms with Crippen LogP contribution in [0.2, 0.25) is 19.6 Å². The van der Waals surface area contributed by atoms with Gasteiger partial charge in [-0.25, -0.2) is 0 Å². The van der Waals surface area contributed by atoms with Crippen LogP contribution in [-0.4, -0.2) is 8.07 Å². The molecule has 0 amide bonds. The SMILES string of the molecule is C=C(C(Cl)(/C=C/c1ccccc1)c1ccccc1)[Si](C)(C)C. The van der Waals surface area contributed by atoms with Crippen LogP contribution >= 0.6 is 11.6 Å². The molecule has 0 saturated carbocycles. The Labute approximate surface area is 140 Å². The summed E-state index contributed by atoms with van der Waals surface area (Å²) in [7, 11) is -1.59.